The summed E-state index contributed by atoms with van der Waals surface area (Å²) in [6.45, 7) is 1.80. The van der Waals surface area contributed by atoms with Crippen LogP contribution in [0.2, 0.25) is 0 Å². The maximum atomic E-state index is 13.3. The highest BCUT2D eigenvalue weighted by atomic mass is 16.5. The van der Waals surface area contributed by atoms with Crippen molar-refractivity contribution in [1.82, 2.24) is 15.3 Å². The van der Waals surface area contributed by atoms with Crippen molar-refractivity contribution in [2.24, 2.45) is 12.0 Å². The molecule has 11 nitrogen and oxygen atoms in total. The summed E-state index contributed by atoms with van der Waals surface area (Å²) in [5.41, 5.74) is 5.86. The third-order valence-electron chi connectivity index (χ3n) is 6.41. The second-order valence-corrected chi connectivity index (χ2v) is 9.19. The Labute approximate surface area is 228 Å². The summed E-state index contributed by atoms with van der Waals surface area (Å²) in [5.74, 6) is -2.19. The van der Waals surface area contributed by atoms with E-state index in [9.17, 15) is 19.2 Å². The Bertz CT molecular complexity index is 1690. The minimum absolute atomic E-state index is 0.263. The van der Waals surface area contributed by atoms with Gasteiger partial charge >= 0.3 is 0 Å². The summed E-state index contributed by atoms with van der Waals surface area (Å²) in [6.07, 6.45) is 1.50. The van der Waals surface area contributed by atoms with E-state index >= 15 is 0 Å². The lowest BCUT2D eigenvalue weighted by molar-refractivity contribution is -0.115. The van der Waals surface area contributed by atoms with E-state index in [1.165, 1.54) is 23.0 Å². The quantitative estimate of drug-likeness (QED) is 0.122. The van der Waals surface area contributed by atoms with Crippen LogP contribution in [0.25, 0.3) is 0 Å². The number of nitrogens with zero attached hydrogens (tertiary/aromatic N) is 3. The number of benzene rings is 3. The number of rotatable bonds is 7. The van der Waals surface area contributed by atoms with Crippen molar-refractivity contribution in [3.05, 3.63) is 106 Å². The molecule has 0 fully saturated rings. The van der Waals surface area contributed by atoms with E-state index in [4.69, 9.17) is 5.21 Å². The molecule has 1 unspecified atom stereocenters. The van der Waals surface area contributed by atoms with Gasteiger partial charge in [0.05, 0.1) is 11.4 Å². The Morgan fingerprint density at radius 1 is 0.975 bits per heavy atom. The van der Waals surface area contributed by atoms with E-state index in [1.807, 2.05) is 0 Å². The van der Waals surface area contributed by atoms with Gasteiger partial charge in [0.2, 0.25) is 5.91 Å². The van der Waals surface area contributed by atoms with Gasteiger partial charge in [0.25, 0.3) is 11.8 Å². The van der Waals surface area contributed by atoms with Gasteiger partial charge in [-0.1, -0.05) is 24.3 Å². The molecular weight excluding hydrogens is 512 g/mol. The summed E-state index contributed by atoms with van der Waals surface area (Å²) < 4.78 is 1.49. The Balaban J connectivity index is 1.31. The molecule has 1 atom stereocenters. The van der Waals surface area contributed by atoms with Crippen molar-refractivity contribution in [3.63, 3.8) is 0 Å². The lowest BCUT2D eigenvalue weighted by Crippen LogP contribution is -2.18. The maximum Gasteiger partial charge on any atom is 0.274 e. The number of anilines is 2. The highest BCUT2D eigenvalue weighted by Gasteiger charge is 2.30. The Kier molecular flexibility index (Phi) is 7.04. The van der Waals surface area contributed by atoms with Gasteiger partial charge in [-0.15, -0.1) is 0 Å². The summed E-state index contributed by atoms with van der Waals surface area (Å²) in [7, 11) is 1.68. The molecule has 4 N–H and O–H groups in total. The molecule has 2 heterocycles. The van der Waals surface area contributed by atoms with Crippen LogP contribution in [-0.4, -0.2) is 44.7 Å². The van der Waals surface area contributed by atoms with Gasteiger partial charge in [-0.05, 0) is 61.0 Å². The van der Waals surface area contributed by atoms with Gasteiger partial charge in [0.15, 0.2) is 5.78 Å². The minimum Gasteiger partial charge on any atom is -0.325 e. The predicted molar refractivity (Wildman–Crippen MR) is 147 cm³/mol. The third-order valence-corrected chi connectivity index (χ3v) is 6.41. The van der Waals surface area contributed by atoms with Crippen molar-refractivity contribution >= 4 is 46.8 Å². The van der Waals surface area contributed by atoms with Crippen LogP contribution >= 0.6 is 0 Å². The van der Waals surface area contributed by atoms with Crippen molar-refractivity contribution in [2.45, 2.75) is 12.8 Å². The van der Waals surface area contributed by atoms with Gasteiger partial charge in [-0.2, -0.15) is 5.10 Å². The number of nitrogens with one attached hydrogen (secondary N) is 3. The van der Waals surface area contributed by atoms with E-state index in [2.05, 4.69) is 20.7 Å². The van der Waals surface area contributed by atoms with E-state index in [0.717, 1.165) is 5.69 Å². The molecule has 1 aromatic heterocycles. The van der Waals surface area contributed by atoms with E-state index in [0.29, 0.717) is 39.4 Å². The molecule has 0 radical (unpaired) electrons. The number of carbonyl (C=O) groups is 4. The largest absolute Gasteiger partial charge is 0.325 e. The lowest BCUT2D eigenvalue weighted by atomic mass is 9.97. The lowest BCUT2D eigenvalue weighted by Gasteiger charge is -2.09. The van der Waals surface area contributed by atoms with Gasteiger partial charge < -0.3 is 10.6 Å². The zero-order valence-corrected chi connectivity index (χ0v) is 21.5. The molecule has 3 amide bonds. The van der Waals surface area contributed by atoms with Crippen LogP contribution in [0.1, 0.15) is 53.9 Å². The molecule has 11 heteroatoms. The molecule has 1 aliphatic heterocycles. The fourth-order valence-electron chi connectivity index (χ4n) is 4.42. The van der Waals surface area contributed by atoms with E-state index in [1.54, 1.807) is 80.1 Å². The number of hydrogen-bond donors (Lipinski definition) is 4. The highest BCUT2D eigenvalue weighted by molar-refractivity contribution is 6.15. The summed E-state index contributed by atoms with van der Waals surface area (Å²) in [6, 6.07) is 19.5. The fraction of sp³-hybridized carbons (Fsp3) is 0.103. The van der Waals surface area contributed by atoms with Crippen LogP contribution in [-0.2, 0) is 11.8 Å². The first kappa shape index (κ1) is 26.2. The smallest absolute Gasteiger partial charge is 0.274 e. The molecule has 200 valence electrons. The average molecular weight is 537 g/mol. The molecule has 4 aromatic rings. The van der Waals surface area contributed by atoms with Crippen molar-refractivity contribution in [2.75, 3.05) is 10.6 Å². The normalized spacial score (nSPS) is 14.1. The molecule has 0 aliphatic carbocycles. The number of amides is 3. The first-order chi connectivity index (χ1) is 19.2. The molecule has 0 spiro atoms. The topological polar surface area (TPSA) is 155 Å². The number of carbonyl (C=O) groups excluding carboxylic acids is 4. The van der Waals surface area contributed by atoms with Gasteiger partial charge in [-0.25, -0.2) is 5.48 Å². The summed E-state index contributed by atoms with van der Waals surface area (Å²) in [5, 5.41) is 18.5. The first-order valence-corrected chi connectivity index (χ1v) is 12.2. The first-order valence-electron chi connectivity index (χ1n) is 12.2. The monoisotopic (exact) mass is 536 g/mol. The van der Waals surface area contributed by atoms with Crippen LogP contribution in [0.4, 0.5) is 17.1 Å². The zero-order chi connectivity index (χ0) is 28.4. The third kappa shape index (κ3) is 5.26. The fourth-order valence-corrected chi connectivity index (χ4v) is 4.42. The van der Waals surface area contributed by atoms with E-state index < -0.39 is 11.8 Å². The number of hydroxylamine groups is 1. The van der Waals surface area contributed by atoms with Gasteiger partial charge in [0.1, 0.15) is 11.6 Å². The Morgan fingerprint density at radius 3 is 2.40 bits per heavy atom. The minimum atomic E-state index is -0.659. The highest BCUT2D eigenvalue weighted by Crippen LogP contribution is 2.33. The number of fused-ring (bicyclic) bond motifs is 1. The number of ketones is 1. The summed E-state index contributed by atoms with van der Waals surface area (Å²) in [4.78, 5) is 54.4. The molecule has 3 aromatic carbocycles. The van der Waals surface area contributed by atoms with Crippen LogP contribution in [0.15, 0.2) is 77.8 Å². The number of hydrogen-bond acceptors (Lipinski definition) is 7. The number of aliphatic imine (C=N–C) groups is 1. The second kappa shape index (κ2) is 10.8. The zero-order valence-electron chi connectivity index (χ0n) is 21.5. The molecule has 40 heavy (non-hydrogen) atoms. The van der Waals surface area contributed by atoms with Crippen LogP contribution in [0.3, 0.4) is 0 Å². The predicted octanol–water partition coefficient (Wildman–Crippen LogP) is 3.77. The molecule has 0 saturated carbocycles. The van der Waals surface area contributed by atoms with Crippen LogP contribution < -0.4 is 16.1 Å². The number of aryl methyl sites for hydroxylation is 2. The maximum absolute atomic E-state index is 13.3. The standard InChI is InChI=1S/C29H24N6O5/c1-16-12-25(35(2)33-16)29(39)31-21-5-3-4-18(13-21)26(36)19-8-11-22-23(28(38)32-24(22)14-19)15-30-20-9-6-17(7-10-20)27(37)34-40/h3-15,23,40H,1-2H3,(H,31,39)(H,32,38)(H,34,37). The van der Waals surface area contributed by atoms with E-state index in [-0.39, 0.29) is 23.2 Å². The van der Waals surface area contributed by atoms with Crippen LogP contribution in [0, 0.1) is 6.92 Å². The molecule has 0 saturated heterocycles. The van der Waals surface area contributed by atoms with Crippen molar-refractivity contribution < 1.29 is 24.4 Å². The Hall–Kier alpha value is -5.42. The second-order valence-electron chi connectivity index (χ2n) is 9.19. The molecule has 1 aliphatic rings. The summed E-state index contributed by atoms with van der Waals surface area (Å²) >= 11 is 0. The van der Waals surface area contributed by atoms with Gasteiger partial charge in [0, 0.05) is 41.3 Å². The SMILES string of the molecule is Cc1cc(C(=O)Nc2cccc(C(=O)c3ccc4c(c3)NC(=O)C4C=Nc3ccc(C(=O)NO)cc3)c2)n(C)n1. The molecule has 0 bridgehead atoms. The molecular formula is C29H24N6O5. The average Bonchev–Trinajstić information content (AvgIpc) is 3.47. The van der Waals surface area contributed by atoms with Crippen molar-refractivity contribution in [1.29, 1.82) is 0 Å². The van der Waals surface area contributed by atoms with Gasteiger partial charge in [-0.3, -0.25) is 34.1 Å². The number of aromatic nitrogens is 2. The Morgan fingerprint density at radius 2 is 1.70 bits per heavy atom. The van der Waals surface area contributed by atoms with Crippen molar-refractivity contribution in [3.8, 4) is 0 Å². The molecule has 5 rings (SSSR count). The van der Waals surface area contributed by atoms with Crippen LogP contribution in [0.5, 0.6) is 0 Å².